The van der Waals surface area contributed by atoms with Crippen LogP contribution in [-0.2, 0) is 28.6 Å². The van der Waals surface area contributed by atoms with Crippen LogP contribution >= 0.6 is 24.8 Å². The van der Waals surface area contributed by atoms with Crippen molar-refractivity contribution in [2.24, 2.45) is 0 Å². The summed E-state index contributed by atoms with van der Waals surface area (Å²) in [6.45, 7) is 7.73. The molecular formula is C27H39Cl2N5O9. The molecule has 4 rings (SSSR count). The van der Waals surface area contributed by atoms with E-state index < -0.39 is 35.6 Å². The van der Waals surface area contributed by atoms with Crippen molar-refractivity contribution in [1.29, 1.82) is 0 Å². The lowest BCUT2D eigenvalue weighted by molar-refractivity contribution is -0.136. The van der Waals surface area contributed by atoms with E-state index in [1.165, 1.54) is 18.2 Å². The van der Waals surface area contributed by atoms with Gasteiger partial charge >= 0.3 is 0 Å². The molecule has 0 bridgehead atoms. The summed E-state index contributed by atoms with van der Waals surface area (Å²) in [7, 11) is 0. The van der Waals surface area contributed by atoms with Gasteiger partial charge in [-0.05, 0) is 18.6 Å². The number of piperidine rings is 1. The highest BCUT2D eigenvalue weighted by atomic mass is 35.5. The summed E-state index contributed by atoms with van der Waals surface area (Å²) in [5, 5.41) is 8.13. The number of hydrogen-bond donors (Lipinski definition) is 3. The Balaban J connectivity index is 0.00000323. The number of ether oxygens (including phenoxy) is 4. The SMILES string of the molecule is Cl.Cl.O=C(COc1cccc2c1C(=O)N(C1CCC(=O)NC1=O)C2=O)NCCOCCOCCOCCN1CCNCC1. The first-order valence-corrected chi connectivity index (χ1v) is 13.9. The van der Waals surface area contributed by atoms with Crippen LogP contribution in [-0.4, -0.2) is 131 Å². The van der Waals surface area contributed by atoms with Crippen molar-refractivity contribution < 1.29 is 42.9 Å². The van der Waals surface area contributed by atoms with E-state index in [0.29, 0.717) is 33.0 Å². The molecule has 3 heterocycles. The van der Waals surface area contributed by atoms with Gasteiger partial charge in [0.25, 0.3) is 17.7 Å². The number of nitrogens with zero attached hydrogens (tertiary/aromatic N) is 2. The number of halogens is 2. The normalized spacial score (nSPS) is 18.4. The zero-order valence-corrected chi connectivity index (χ0v) is 25.4. The first-order chi connectivity index (χ1) is 20.0. The summed E-state index contributed by atoms with van der Waals surface area (Å²) in [5.41, 5.74) is 0.0679. The maximum absolute atomic E-state index is 13.1. The molecule has 2 saturated heterocycles. The van der Waals surface area contributed by atoms with Crippen LogP contribution in [0, 0.1) is 0 Å². The first kappa shape index (κ1) is 36.3. The molecule has 3 aliphatic rings. The molecule has 14 nitrogen and oxygen atoms in total. The zero-order chi connectivity index (χ0) is 29.0. The summed E-state index contributed by atoms with van der Waals surface area (Å²) < 4.78 is 22.1. The highest BCUT2D eigenvalue weighted by molar-refractivity contribution is 6.24. The van der Waals surface area contributed by atoms with Crippen LogP contribution in [0.15, 0.2) is 18.2 Å². The maximum Gasteiger partial charge on any atom is 0.266 e. The van der Waals surface area contributed by atoms with Crippen molar-refractivity contribution in [2.45, 2.75) is 18.9 Å². The van der Waals surface area contributed by atoms with Gasteiger partial charge in [-0.1, -0.05) is 6.07 Å². The molecule has 3 aliphatic heterocycles. The quantitative estimate of drug-likeness (QED) is 0.155. The van der Waals surface area contributed by atoms with Crippen LogP contribution in [0.3, 0.4) is 0 Å². The van der Waals surface area contributed by atoms with E-state index in [-0.39, 0.29) is 74.3 Å². The van der Waals surface area contributed by atoms with Gasteiger partial charge in [0.05, 0.1) is 50.8 Å². The molecule has 240 valence electrons. The van der Waals surface area contributed by atoms with E-state index in [1.54, 1.807) is 0 Å². The van der Waals surface area contributed by atoms with Crippen molar-refractivity contribution >= 4 is 54.3 Å². The van der Waals surface area contributed by atoms with Gasteiger partial charge in [0, 0.05) is 45.7 Å². The van der Waals surface area contributed by atoms with Crippen LogP contribution in [0.4, 0.5) is 0 Å². The van der Waals surface area contributed by atoms with Crippen LogP contribution in [0.1, 0.15) is 33.6 Å². The number of nitrogens with one attached hydrogen (secondary N) is 3. The average molecular weight is 649 g/mol. The third-order valence-electron chi connectivity index (χ3n) is 6.86. The number of rotatable bonds is 16. The van der Waals surface area contributed by atoms with E-state index in [4.69, 9.17) is 18.9 Å². The largest absolute Gasteiger partial charge is 0.483 e. The van der Waals surface area contributed by atoms with Crippen molar-refractivity contribution in [1.82, 2.24) is 25.8 Å². The Hall–Kier alpha value is -2.85. The van der Waals surface area contributed by atoms with Gasteiger partial charge < -0.3 is 29.6 Å². The third kappa shape index (κ3) is 10.4. The lowest BCUT2D eigenvalue weighted by Gasteiger charge is -2.27. The molecular weight excluding hydrogens is 609 g/mol. The topological polar surface area (TPSA) is 165 Å². The van der Waals surface area contributed by atoms with E-state index in [0.717, 1.165) is 37.6 Å². The number of carbonyl (C=O) groups is 5. The van der Waals surface area contributed by atoms with E-state index >= 15 is 0 Å². The van der Waals surface area contributed by atoms with Gasteiger partial charge in [0.2, 0.25) is 11.8 Å². The molecule has 2 fully saturated rings. The van der Waals surface area contributed by atoms with Crippen molar-refractivity contribution in [3.8, 4) is 5.75 Å². The molecule has 16 heteroatoms. The van der Waals surface area contributed by atoms with E-state index in [9.17, 15) is 24.0 Å². The third-order valence-corrected chi connectivity index (χ3v) is 6.86. The fraction of sp³-hybridized carbons (Fsp3) is 0.593. The minimum atomic E-state index is -1.08. The summed E-state index contributed by atoms with van der Waals surface area (Å²) in [6, 6.07) is 3.38. The summed E-state index contributed by atoms with van der Waals surface area (Å²) >= 11 is 0. The predicted octanol–water partition coefficient (Wildman–Crippen LogP) is -0.619. The standard InChI is InChI=1S/C27H37N5O9.2ClH/c33-22-5-4-20(25(35)30-22)32-26(36)19-2-1-3-21(24(19)27(32)37)41-18-23(34)29-8-12-38-14-16-40-17-15-39-13-11-31-9-6-28-7-10-31;;/h1-3,20,28H,4-18H2,(H,29,34)(H,30,33,35);2*1H. The molecule has 1 unspecified atom stereocenters. The number of fused-ring (bicyclic) bond motifs is 1. The number of carbonyl (C=O) groups excluding carboxylic acids is 5. The average Bonchev–Trinajstić information content (AvgIpc) is 3.23. The van der Waals surface area contributed by atoms with Gasteiger partial charge in [-0.2, -0.15) is 0 Å². The zero-order valence-electron chi connectivity index (χ0n) is 23.8. The monoisotopic (exact) mass is 647 g/mol. The van der Waals surface area contributed by atoms with Crippen LogP contribution in [0.25, 0.3) is 0 Å². The second kappa shape index (κ2) is 18.7. The molecule has 0 radical (unpaired) electrons. The van der Waals surface area contributed by atoms with Crippen molar-refractivity contribution in [2.75, 3.05) is 85.5 Å². The molecule has 0 aromatic heterocycles. The fourth-order valence-corrected chi connectivity index (χ4v) is 4.73. The molecule has 0 saturated carbocycles. The Kier molecular flexibility index (Phi) is 15.8. The van der Waals surface area contributed by atoms with Gasteiger partial charge in [-0.25, -0.2) is 0 Å². The lowest BCUT2D eigenvalue weighted by atomic mass is 10.0. The fourth-order valence-electron chi connectivity index (χ4n) is 4.73. The highest BCUT2D eigenvalue weighted by Crippen LogP contribution is 2.33. The molecule has 3 N–H and O–H groups in total. The maximum atomic E-state index is 13.1. The Bertz CT molecular complexity index is 1120. The second-order valence-electron chi connectivity index (χ2n) is 9.69. The van der Waals surface area contributed by atoms with Gasteiger partial charge in [0.1, 0.15) is 11.8 Å². The van der Waals surface area contributed by atoms with Crippen molar-refractivity contribution in [3.63, 3.8) is 0 Å². The summed E-state index contributed by atoms with van der Waals surface area (Å²) in [5.74, 6) is -2.86. The highest BCUT2D eigenvalue weighted by Gasteiger charge is 2.46. The van der Waals surface area contributed by atoms with Crippen LogP contribution in [0.2, 0.25) is 0 Å². The molecule has 5 amide bonds. The van der Waals surface area contributed by atoms with Gasteiger partial charge in [-0.15, -0.1) is 24.8 Å². The Morgan fingerprint density at radius 3 is 2.28 bits per heavy atom. The summed E-state index contributed by atoms with van der Waals surface area (Å²) in [6.07, 6.45) is 0.0747. The Labute approximate surface area is 262 Å². The number of hydrogen-bond acceptors (Lipinski definition) is 11. The number of benzene rings is 1. The van der Waals surface area contributed by atoms with E-state index in [1.807, 2.05) is 0 Å². The predicted molar refractivity (Wildman–Crippen MR) is 158 cm³/mol. The van der Waals surface area contributed by atoms with Gasteiger partial charge in [0.15, 0.2) is 6.61 Å². The molecule has 0 spiro atoms. The molecule has 0 aliphatic carbocycles. The Morgan fingerprint density at radius 2 is 1.58 bits per heavy atom. The van der Waals surface area contributed by atoms with Gasteiger partial charge in [-0.3, -0.25) is 39.1 Å². The second-order valence-corrected chi connectivity index (χ2v) is 9.69. The van der Waals surface area contributed by atoms with Crippen LogP contribution < -0.4 is 20.7 Å². The minimum absolute atomic E-state index is 0. The Morgan fingerprint density at radius 1 is 0.907 bits per heavy atom. The number of piperazine rings is 1. The van der Waals surface area contributed by atoms with Crippen LogP contribution in [0.5, 0.6) is 5.75 Å². The number of imide groups is 2. The van der Waals surface area contributed by atoms with E-state index in [2.05, 4.69) is 20.9 Å². The molecule has 1 aromatic carbocycles. The molecule has 1 atom stereocenters. The summed E-state index contributed by atoms with van der Waals surface area (Å²) in [4.78, 5) is 65.1. The van der Waals surface area contributed by atoms with Crippen molar-refractivity contribution in [3.05, 3.63) is 29.3 Å². The number of amides is 5. The molecule has 43 heavy (non-hydrogen) atoms. The lowest BCUT2D eigenvalue weighted by Crippen LogP contribution is -2.54. The first-order valence-electron chi connectivity index (χ1n) is 13.9. The molecule has 1 aromatic rings. The minimum Gasteiger partial charge on any atom is -0.483 e. The smallest absolute Gasteiger partial charge is 0.266 e.